The van der Waals surface area contributed by atoms with Gasteiger partial charge in [-0.1, -0.05) is 6.92 Å². The van der Waals surface area contributed by atoms with Gasteiger partial charge in [0.25, 0.3) is 0 Å². The van der Waals surface area contributed by atoms with Crippen LogP contribution in [0.3, 0.4) is 0 Å². The van der Waals surface area contributed by atoms with Crippen LogP contribution in [-0.2, 0) is 9.47 Å². The molecule has 0 aromatic carbocycles. The fourth-order valence-electron chi connectivity index (χ4n) is 1.54. The Labute approximate surface area is 77.4 Å². The zero-order chi connectivity index (χ0) is 10.0. The van der Waals surface area contributed by atoms with Crippen LogP contribution in [0.15, 0.2) is 0 Å². The van der Waals surface area contributed by atoms with Gasteiger partial charge >= 0.3 is 0 Å². The zero-order valence-corrected chi connectivity index (χ0v) is 7.88. The van der Waals surface area contributed by atoms with Gasteiger partial charge in [0.05, 0.1) is 24.9 Å². The summed E-state index contributed by atoms with van der Waals surface area (Å²) in [6.07, 6.45) is -1.74. The van der Waals surface area contributed by atoms with Crippen molar-refractivity contribution in [3.8, 4) is 0 Å². The van der Waals surface area contributed by atoms with Gasteiger partial charge in [-0.05, 0) is 0 Å². The standard InChI is InChI=1S/C8H17NO4/c1-4-5(3-10)13-8(12-2)6(9)7(4)11/h4-8,10-11H,3,9H2,1-2H3/t4-,5?,6?,7-,8+/m0/s1. The van der Waals surface area contributed by atoms with Gasteiger partial charge in [-0.2, -0.15) is 0 Å². The third-order valence-electron chi connectivity index (χ3n) is 2.55. The second kappa shape index (κ2) is 4.34. The third-order valence-corrected chi connectivity index (χ3v) is 2.55. The minimum absolute atomic E-state index is 0.134. The summed E-state index contributed by atoms with van der Waals surface area (Å²) in [5.74, 6) is -0.175. The molecule has 0 saturated carbocycles. The summed E-state index contributed by atoms with van der Waals surface area (Å²) >= 11 is 0. The number of rotatable bonds is 2. The number of nitrogens with two attached hydrogens (primary N) is 1. The molecule has 13 heavy (non-hydrogen) atoms. The van der Waals surface area contributed by atoms with Crippen molar-refractivity contribution < 1.29 is 19.7 Å². The molecule has 0 bridgehead atoms. The van der Waals surface area contributed by atoms with E-state index < -0.39 is 24.5 Å². The molecule has 0 aromatic heterocycles. The first-order valence-corrected chi connectivity index (χ1v) is 4.34. The molecule has 0 aromatic rings. The molecule has 1 rings (SSSR count). The van der Waals surface area contributed by atoms with Gasteiger partial charge in [0.2, 0.25) is 0 Å². The summed E-state index contributed by atoms with van der Waals surface area (Å²) in [4.78, 5) is 0. The van der Waals surface area contributed by atoms with Crippen molar-refractivity contribution in [1.29, 1.82) is 0 Å². The van der Waals surface area contributed by atoms with E-state index in [4.69, 9.17) is 20.3 Å². The van der Waals surface area contributed by atoms with Crippen LogP contribution in [-0.4, -0.2) is 48.5 Å². The molecule has 0 spiro atoms. The predicted molar refractivity (Wildman–Crippen MR) is 45.9 cm³/mol. The van der Waals surface area contributed by atoms with Crippen LogP contribution in [0.25, 0.3) is 0 Å². The topological polar surface area (TPSA) is 84.9 Å². The largest absolute Gasteiger partial charge is 0.394 e. The molecule has 0 radical (unpaired) electrons. The van der Waals surface area contributed by atoms with Crippen LogP contribution in [0.4, 0.5) is 0 Å². The number of aliphatic hydroxyl groups is 2. The number of aliphatic hydroxyl groups excluding tert-OH is 2. The van der Waals surface area contributed by atoms with Crippen LogP contribution in [0.2, 0.25) is 0 Å². The molecule has 0 aliphatic carbocycles. The van der Waals surface area contributed by atoms with Crippen molar-refractivity contribution >= 4 is 0 Å². The first kappa shape index (κ1) is 10.9. The van der Waals surface area contributed by atoms with Gasteiger partial charge < -0.3 is 25.4 Å². The molecule has 1 heterocycles. The molecule has 4 N–H and O–H groups in total. The van der Waals surface area contributed by atoms with E-state index in [0.717, 1.165) is 0 Å². The van der Waals surface area contributed by atoms with Gasteiger partial charge in [0.1, 0.15) is 0 Å². The van der Waals surface area contributed by atoms with Crippen molar-refractivity contribution in [1.82, 2.24) is 0 Å². The van der Waals surface area contributed by atoms with Crippen molar-refractivity contribution in [3.63, 3.8) is 0 Å². The van der Waals surface area contributed by atoms with E-state index in [2.05, 4.69) is 0 Å². The lowest BCUT2D eigenvalue weighted by Crippen LogP contribution is -2.58. The van der Waals surface area contributed by atoms with E-state index in [9.17, 15) is 5.11 Å². The van der Waals surface area contributed by atoms with E-state index in [-0.39, 0.29) is 12.5 Å². The lowest BCUT2D eigenvalue weighted by Gasteiger charge is -2.40. The van der Waals surface area contributed by atoms with Crippen molar-refractivity contribution in [2.45, 2.75) is 31.5 Å². The highest BCUT2D eigenvalue weighted by Gasteiger charge is 2.40. The smallest absolute Gasteiger partial charge is 0.175 e. The molecule has 5 nitrogen and oxygen atoms in total. The average Bonchev–Trinajstić information content (AvgIpc) is 2.15. The van der Waals surface area contributed by atoms with E-state index in [1.807, 2.05) is 0 Å². The minimum atomic E-state index is -0.698. The van der Waals surface area contributed by atoms with Gasteiger partial charge in [0, 0.05) is 13.0 Å². The molecule has 2 unspecified atom stereocenters. The summed E-state index contributed by atoms with van der Waals surface area (Å²) < 4.78 is 10.3. The molecular weight excluding hydrogens is 174 g/mol. The molecule has 1 saturated heterocycles. The maximum atomic E-state index is 9.65. The van der Waals surface area contributed by atoms with Crippen molar-refractivity contribution in [3.05, 3.63) is 0 Å². The highest BCUT2D eigenvalue weighted by molar-refractivity contribution is 4.88. The number of ether oxygens (including phenoxy) is 2. The highest BCUT2D eigenvalue weighted by Crippen LogP contribution is 2.24. The second-order valence-corrected chi connectivity index (χ2v) is 3.39. The molecule has 5 atom stereocenters. The fraction of sp³-hybridized carbons (Fsp3) is 1.00. The van der Waals surface area contributed by atoms with Crippen molar-refractivity contribution in [2.24, 2.45) is 11.7 Å². The zero-order valence-electron chi connectivity index (χ0n) is 7.88. The first-order valence-electron chi connectivity index (χ1n) is 4.34. The summed E-state index contributed by atoms with van der Waals surface area (Å²) in [5.41, 5.74) is 5.66. The predicted octanol–water partition coefficient (Wildman–Crippen LogP) is -1.33. The monoisotopic (exact) mass is 191 g/mol. The average molecular weight is 191 g/mol. The third kappa shape index (κ3) is 2.00. The van der Waals surface area contributed by atoms with E-state index in [1.165, 1.54) is 7.11 Å². The molecule has 5 heteroatoms. The maximum Gasteiger partial charge on any atom is 0.175 e. The first-order chi connectivity index (χ1) is 6.11. The Bertz CT molecular complexity index is 146. The molecular formula is C8H17NO4. The normalized spacial score (nSPS) is 46.4. The summed E-state index contributed by atoms with van der Waals surface area (Å²) in [6.45, 7) is 1.65. The molecule has 1 aliphatic heterocycles. The lowest BCUT2D eigenvalue weighted by molar-refractivity contribution is -0.240. The van der Waals surface area contributed by atoms with E-state index in [0.29, 0.717) is 0 Å². The lowest BCUT2D eigenvalue weighted by atomic mass is 9.90. The minimum Gasteiger partial charge on any atom is -0.394 e. The Morgan fingerprint density at radius 3 is 2.62 bits per heavy atom. The fourth-order valence-corrected chi connectivity index (χ4v) is 1.54. The van der Waals surface area contributed by atoms with Gasteiger partial charge in [-0.25, -0.2) is 0 Å². The summed E-state index contributed by atoms with van der Waals surface area (Å²) in [6, 6.07) is -0.553. The van der Waals surface area contributed by atoms with Crippen LogP contribution < -0.4 is 5.73 Å². The Morgan fingerprint density at radius 2 is 2.15 bits per heavy atom. The van der Waals surface area contributed by atoms with Gasteiger partial charge in [-0.3, -0.25) is 0 Å². The van der Waals surface area contributed by atoms with Crippen LogP contribution >= 0.6 is 0 Å². The molecule has 1 fully saturated rings. The van der Waals surface area contributed by atoms with Crippen molar-refractivity contribution in [2.75, 3.05) is 13.7 Å². The van der Waals surface area contributed by atoms with Crippen LogP contribution in [0.1, 0.15) is 6.92 Å². The van der Waals surface area contributed by atoms with E-state index in [1.54, 1.807) is 6.92 Å². The van der Waals surface area contributed by atoms with Crippen LogP contribution in [0, 0.1) is 5.92 Å². The molecule has 78 valence electrons. The second-order valence-electron chi connectivity index (χ2n) is 3.39. The summed E-state index contributed by atoms with van der Waals surface area (Å²) in [5, 5.41) is 18.6. The number of hydrogen-bond donors (Lipinski definition) is 3. The van der Waals surface area contributed by atoms with Gasteiger partial charge in [-0.15, -0.1) is 0 Å². The number of methoxy groups -OCH3 is 1. The molecule has 0 amide bonds. The Kier molecular flexibility index (Phi) is 3.63. The molecule has 1 aliphatic rings. The maximum absolute atomic E-state index is 9.65. The Balaban J connectivity index is 2.66. The Hall–Kier alpha value is -0.200. The SMILES string of the molecule is CO[C@@H]1OC(CO)[C@H](C)[C@H](O)C1N. The Morgan fingerprint density at radius 1 is 1.54 bits per heavy atom. The van der Waals surface area contributed by atoms with Gasteiger partial charge in [0.15, 0.2) is 6.29 Å². The number of hydrogen-bond acceptors (Lipinski definition) is 5. The quantitative estimate of drug-likeness (QED) is 0.504. The van der Waals surface area contributed by atoms with Crippen LogP contribution in [0.5, 0.6) is 0 Å². The summed E-state index contributed by atoms with van der Waals surface area (Å²) in [7, 11) is 1.46. The highest BCUT2D eigenvalue weighted by atomic mass is 16.7. The van der Waals surface area contributed by atoms with E-state index >= 15 is 0 Å².